The molecule has 0 aromatic heterocycles. The molecule has 16 heavy (non-hydrogen) atoms. The van der Waals surface area contributed by atoms with Gasteiger partial charge in [0.1, 0.15) is 0 Å². The minimum atomic E-state index is -0.104. The maximum Gasteiger partial charge on any atom is 1.00 e. The van der Waals surface area contributed by atoms with Crippen LogP contribution in [0.15, 0.2) is 18.2 Å². The molecule has 0 saturated carbocycles. The van der Waals surface area contributed by atoms with E-state index in [0.29, 0.717) is 15.6 Å². The zero-order valence-corrected chi connectivity index (χ0v) is 12.1. The second kappa shape index (κ2) is 7.75. The summed E-state index contributed by atoms with van der Waals surface area (Å²) in [6, 6.07) is 5.10. The summed E-state index contributed by atoms with van der Waals surface area (Å²) in [5.74, 6) is -0.00236. The van der Waals surface area contributed by atoms with Gasteiger partial charge in [0.05, 0.1) is 15.6 Å². The number of carbonyl (C=O) groups is 1. The predicted molar refractivity (Wildman–Crippen MR) is 70.3 cm³/mol. The van der Waals surface area contributed by atoms with Crippen LogP contribution < -0.4 is 18.9 Å². The average molecular weight is 271 g/mol. The molecular weight excluding hydrogens is 257 g/mol. The van der Waals surface area contributed by atoms with Crippen molar-refractivity contribution in [1.29, 1.82) is 0 Å². The van der Waals surface area contributed by atoms with Crippen LogP contribution in [0.4, 0.5) is 0 Å². The Labute approximate surface area is 122 Å². The fourth-order valence-corrected chi connectivity index (χ4v) is 2.44. The van der Waals surface area contributed by atoms with Gasteiger partial charge in [0.25, 0.3) is 0 Å². The molecule has 0 fully saturated rings. The van der Waals surface area contributed by atoms with Crippen molar-refractivity contribution in [2.75, 3.05) is 0 Å². The van der Waals surface area contributed by atoms with E-state index in [9.17, 15) is 4.79 Å². The Morgan fingerprint density at radius 1 is 1.44 bits per heavy atom. The van der Waals surface area contributed by atoms with Gasteiger partial charge >= 0.3 is 18.9 Å². The minimum Gasteiger partial charge on any atom is -1.00 e. The van der Waals surface area contributed by atoms with Crippen LogP contribution in [0, 0.1) is 0 Å². The molecule has 0 amide bonds. The number of carbonyl (C=O) groups excluding carboxylic acids is 1. The Kier molecular flexibility index (Phi) is 7.99. The fraction of sp³-hybridized carbons (Fsp3) is 0.364. The smallest absolute Gasteiger partial charge is 1.00 e. The summed E-state index contributed by atoms with van der Waals surface area (Å²) >= 11 is 11.9. The SMILES string of the molecule is CCCC(P)C(=O)c1c(Cl)cccc1Cl.[H-].[Li+]. The third-order valence-electron chi connectivity index (χ3n) is 2.15. The molecule has 5 heteroatoms. The molecule has 2 atom stereocenters. The molecule has 0 heterocycles. The molecule has 0 aliphatic heterocycles. The topological polar surface area (TPSA) is 17.1 Å². The van der Waals surface area contributed by atoms with Crippen LogP contribution in [-0.2, 0) is 0 Å². The van der Waals surface area contributed by atoms with Crippen molar-refractivity contribution in [3.05, 3.63) is 33.8 Å². The summed E-state index contributed by atoms with van der Waals surface area (Å²) < 4.78 is 0. The number of rotatable bonds is 4. The first-order valence-electron chi connectivity index (χ1n) is 4.81. The van der Waals surface area contributed by atoms with Crippen molar-refractivity contribution in [1.82, 2.24) is 0 Å². The first-order valence-corrected chi connectivity index (χ1v) is 6.24. The van der Waals surface area contributed by atoms with Gasteiger partial charge < -0.3 is 1.43 Å². The number of hydrogen-bond donors (Lipinski definition) is 0. The van der Waals surface area contributed by atoms with Crippen molar-refractivity contribution in [3.8, 4) is 0 Å². The van der Waals surface area contributed by atoms with Crippen LogP contribution in [0.25, 0.3) is 0 Å². The van der Waals surface area contributed by atoms with Crippen LogP contribution in [0.3, 0.4) is 0 Å². The van der Waals surface area contributed by atoms with E-state index in [0.717, 1.165) is 12.8 Å². The van der Waals surface area contributed by atoms with Crippen molar-refractivity contribution in [3.63, 3.8) is 0 Å². The molecule has 0 bridgehead atoms. The van der Waals surface area contributed by atoms with E-state index in [4.69, 9.17) is 23.2 Å². The molecule has 0 radical (unpaired) electrons. The minimum absolute atomic E-state index is 0. The number of halogens is 2. The van der Waals surface area contributed by atoms with Gasteiger partial charge in [-0.05, 0) is 18.6 Å². The summed E-state index contributed by atoms with van der Waals surface area (Å²) in [4.78, 5) is 12.0. The molecule has 0 saturated heterocycles. The van der Waals surface area contributed by atoms with E-state index in [2.05, 4.69) is 9.24 Å². The second-order valence-corrected chi connectivity index (χ2v) is 4.98. The van der Waals surface area contributed by atoms with Gasteiger partial charge in [-0.15, -0.1) is 9.24 Å². The van der Waals surface area contributed by atoms with Crippen molar-refractivity contribution >= 4 is 38.2 Å². The Bertz CT molecular complexity index is 356. The maximum atomic E-state index is 12.0. The molecule has 84 valence electrons. The Morgan fingerprint density at radius 3 is 2.38 bits per heavy atom. The van der Waals surface area contributed by atoms with Gasteiger partial charge in [-0.2, -0.15) is 0 Å². The molecule has 2 unspecified atom stereocenters. The summed E-state index contributed by atoms with van der Waals surface area (Å²) in [6.07, 6.45) is 1.78. The molecule has 0 spiro atoms. The largest absolute Gasteiger partial charge is 1.00 e. The molecule has 1 aromatic rings. The van der Waals surface area contributed by atoms with E-state index in [1.165, 1.54) is 0 Å². The van der Waals surface area contributed by atoms with E-state index in [1.54, 1.807) is 18.2 Å². The maximum absolute atomic E-state index is 12.0. The summed E-state index contributed by atoms with van der Waals surface area (Å²) in [5, 5.41) is 0.854. The van der Waals surface area contributed by atoms with Crippen LogP contribution in [0.2, 0.25) is 10.0 Å². The summed E-state index contributed by atoms with van der Waals surface area (Å²) in [6.45, 7) is 2.04. The molecule has 0 aliphatic carbocycles. The first-order chi connectivity index (χ1) is 7.07. The van der Waals surface area contributed by atoms with E-state index in [1.807, 2.05) is 6.92 Å². The van der Waals surface area contributed by atoms with E-state index in [-0.39, 0.29) is 31.7 Å². The molecule has 1 nitrogen and oxygen atoms in total. The summed E-state index contributed by atoms with van der Waals surface area (Å²) in [7, 11) is 2.55. The monoisotopic (exact) mass is 270 g/mol. The average Bonchev–Trinajstić information content (AvgIpc) is 2.17. The number of Topliss-reactive ketones (excluding diaryl/α,β-unsaturated/α-hetero) is 1. The fourth-order valence-electron chi connectivity index (χ4n) is 1.36. The molecular formula is C11H14Cl2LiOP. The van der Waals surface area contributed by atoms with Crippen molar-refractivity contribution < 1.29 is 25.1 Å². The Balaban J connectivity index is 0. The van der Waals surface area contributed by atoms with Crippen LogP contribution in [-0.4, -0.2) is 11.4 Å². The molecule has 1 aromatic carbocycles. The third-order valence-corrected chi connectivity index (χ3v) is 3.41. The number of hydrogen-bond acceptors (Lipinski definition) is 1. The van der Waals surface area contributed by atoms with Gasteiger partial charge in [-0.1, -0.05) is 42.6 Å². The van der Waals surface area contributed by atoms with E-state index >= 15 is 0 Å². The summed E-state index contributed by atoms with van der Waals surface area (Å²) in [5.41, 5.74) is 0.335. The van der Waals surface area contributed by atoms with Gasteiger partial charge in [-0.3, -0.25) is 4.79 Å². The van der Waals surface area contributed by atoms with Crippen LogP contribution in [0.5, 0.6) is 0 Å². The molecule has 0 N–H and O–H groups in total. The normalized spacial score (nSPS) is 11.8. The quantitative estimate of drug-likeness (QED) is 0.459. The van der Waals surface area contributed by atoms with Crippen LogP contribution in [0.1, 0.15) is 31.6 Å². The van der Waals surface area contributed by atoms with Gasteiger partial charge in [0, 0.05) is 5.66 Å². The van der Waals surface area contributed by atoms with Crippen LogP contribution >= 0.6 is 32.4 Å². The Morgan fingerprint density at radius 2 is 1.94 bits per heavy atom. The number of ketones is 1. The van der Waals surface area contributed by atoms with Crippen molar-refractivity contribution in [2.24, 2.45) is 0 Å². The number of benzene rings is 1. The van der Waals surface area contributed by atoms with Crippen molar-refractivity contribution in [2.45, 2.75) is 25.4 Å². The third kappa shape index (κ3) is 4.06. The van der Waals surface area contributed by atoms with Gasteiger partial charge in [0.2, 0.25) is 0 Å². The second-order valence-electron chi connectivity index (χ2n) is 3.36. The first kappa shape index (κ1) is 16.5. The standard InChI is InChI=1S/C11H13Cl2OP.Li.H/c1-2-4-9(15)11(14)10-7(12)5-3-6-8(10)13;;/h3,5-6,9H,2,4,15H2,1H3;;/q;+1;-1. The predicted octanol–water partition coefficient (Wildman–Crippen LogP) is 1.34. The zero-order valence-electron chi connectivity index (χ0n) is 10.5. The van der Waals surface area contributed by atoms with Gasteiger partial charge in [-0.25, -0.2) is 0 Å². The molecule has 0 aliphatic rings. The van der Waals surface area contributed by atoms with E-state index < -0.39 is 0 Å². The van der Waals surface area contributed by atoms with Gasteiger partial charge in [0.15, 0.2) is 5.78 Å². The molecule has 1 rings (SSSR count). The zero-order chi connectivity index (χ0) is 11.4. The Hall–Kier alpha value is 0.497.